The van der Waals surface area contributed by atoms with Crippen molar-refractivity contribution in [3.63, 3.8) is 0 Å². The zero-order chi connectivity index (χ0) is 19.4. The summed E-state index contributed by atoms with van der Waals surface area (Å²) in [5, 5.41) is 3.87. The van der Waals surface area contributed by atoms with Crippen LogP contribution in [0, 0.1) is 13.8 Å². The molecule has 5 heteroatoms. The molecular weight excluding hydrogens is 358 g/mol. The van der Waals surface area contributed by atoms with Crippen molar-refractivity contribution in [2.24, 2.45) is 0 Å². The monoisotopic (exact) mass is 385 g/mol. The van der Waals surface area contributed by atoms with Gasteiger partial charge in [-0.1, -0.05) is 41.9 Å². The van der Waals surface area contributed by atoms with Crippen LogP contribution in [0.1, 0.15) is 29.7 Å². The number of amides is 1. The first kappa shape index (κ1) is 19.9. The number of carbonyl (C=O) groups excluding carboxylic acids is 1. The van der Waals surface area contributed by atoms with Gasteiger partial charge in [-0.15, -0.1) is 0 Å². The van der Waals surface area contributed by atoms with Gasteiger partial charge in [0.25, 0.3) is 0 Å². The van der Waals surface area contributed by atoms with Crippen LogP contribution in [0.5, 0.6) is 0 Å². The number of carbonyl (C=O) groups is 1. The van der Waals surface area contributed by atoms with Crippen molar-refractivity contribution in [3.8, 4) is 0 Å². The molecule has 0 radical (unpaired) electrons. The summed E-state index contributed by atoms with van der Waals surface area (Å²) >= 11 is 6.35. The number of anilines is 1. The van der Waals surface area contributed by atoms with E-state index in [0.29, 0.717) is 6.54 Å². The highest BCUT2D eigenvalue weighted by Gasteiger charge is 2.24. The van der Waals surface area contributed by atoms with Gasteiger partial charge >= 0.3 is 0 Å². The fourth-order valence-corrected chi connectivity index (χ4v) is 3.89. The zero-order valence-electron chi connectivity index (χ0n) is 16.3. The molecule has 144 valence electrons. The van der Waals surface area contributed by atoms with Crippen LogP contribution in [0.3, 0.4) is 0 Å². The molecule has 1 N–H and O–H groups in total. The standard InChI is InChI=1S/C22H28ClN3O/c1-16-7-6-10-21(17(16)2)24-22(27)15-25-11-13-26(14-12-25)18(3)19-8-4-5-9-20(19)23/h4-10,18H,11-15H2,1-3H3,(H,24,27)/t18-/m0/s1. The number of benzene rings is 2. The number of halogens is 1. The lowest BCUT2D eigenvalue weighted by Gasteiger charge is -2.38. The molecule has 0 aromatic heterocycles. The maximum atomic E-state index is 12.4. The Balaban J connectivity index is 1.51. The highest BCUT2D eigenvalue weighted by Crippen LogP contribution is 2.27. The van der Waals surface area contributed by atoms with Crippen LogP contribution in [0.15, 0.2) is 42.5 Å². The van der Waals surface area contributed by atoms with E-state index in [0.717, 1.165) is 42.5 Å². The molecule has 3 rings (SSSR count). The van der Waals surface area contributed by atoms with Crippen LogP contribution < -0.4 is 5.32 Å². The summed E-state index contributed by atoms with van der Waals surface area (Å²) in [4.78, 5) is 17.1. The molecule has 1 aliphatic heterocycles. The summed E-state index contributed by atoms with van der Waals surface area (Å²) in [5.74, 6) is 0.0521. The van der Waals surface area contributed by atoms with Crippen LogP contribution in [-0.2, 0) is 4.79 Å². The first-order chi connectivity index (χ1) is 13.0. The summed E-state index contributed by atoms with van der Waals surface area (Å²) in [6.45, 7) is 10.4. The average Bonchev–Trinajstić information content (AvgIpc) is 2.66. The summed E-state index contributed by atoms with van der Waals surface area (Å²) in [6, 6.07) is 14.3. The SMILES string of the molecule is Cc1cccc(NC(=O)CN2CCN([C@@H](C)c3ccccc3Cl)CC2)c1C. The van der Waals surface area contributed by atoms with E-state index in [9.17, 15) is 4.79 Å². The van der Waals surface area contributed by atoms with Crippen molar-refractivity contribution in [1.82, 2.24) is 9.80 Å². The Morgan fingerprint density at radius 3 is 2.48 bits per heavy atom. The van der Waals surface area contributed by atoms with E-state index in [-0.39, 0.29) is 11.9 Å². The molecule has 1 saturated heterocycles. The summed E-state index contributed by atoms with van der Waals surface area (Å²) in [7, 11) is 0. The number of rotatable bonds is 5. The smallest absolute Gasteiger partial charge is 0.238 e. The van der Waals surface area contributed by atoms with E-state index in [1.54, 1.807) is 0 Å². The molecule has 0 saturated carbocycles. The molecule has 4 nitrogen and oxygen atoms in total. The Kier molecular flexibility index (Phi) is 6.53. The van der Waals surface area contributed by atoms with E-state index in [2.05, 4.69) is 41.1 Å². The van der Waals surface area contributed by atoms with E-state index < -0.39 is 0 Å². The maximum absolute atomic E-state index is 12.4. The molecule has 1 heterocycles. The number of nitrogens with one attached hydrogen (secondary N) is 1. The summed E-state index contributed by atoms with van der Waals surface area (Å²) in [5.41, 5.74) is 4.39. The predicted octanol–water partition coefficient (Wildman–Crippen LogP) is 4.27. The number of nitrogens with zero attached hydrogens (tertiary/aromatic N) is 2. The van der Waals surface area contributed by atoms with Gasteiger partial charge in [-0.3, -0.25) is 14.6 Å². The molecule has 27 heavy (non-hydrogen) atoms. The lowest BCUT2D eigenvalue weighted by molar-refractivity contribution is -0.117. The topological polar surface area (TPSA) is 35.6 Å². The Morgan fingerprint density at radius 1 is 1.07 bits per heavy atom. The summed E-state index contributed by atoms with van der Waals surface area (Å²) < 4.78 is 0. The second-order valence-corrected chi connectivity index (χ2v) is 7.71. The Bertz CT molecular complexity index is 800. The molecule has 0 unspecified atom stereocenters. The Morgan fingerprint density at radius 2 is 1.78 bits per heavy atom. The highest BCUT2D eigenvalue weighted by atomic mass is 35.5. The number of piperazine rings is 1. The fourth-order valence-electron chi connectivity index (χ4n) is 3.60. The second kappa shape index (κ2) is 8.87. The molecule has 1 amide bonds. The third-order valence-electron chi connectivity index (χ3n) is 5.56. The van der Waals surface area contributed by atoms with Gasteiger partial charge in [0.2, 0.25) is 5.91 Å². The average molecular weight is 386 g/mol. The van der Waals surface area contributed by atoms with Crippen LogP contribution in [-0.4, -0.2) is 48.4 Å². The number of hydrogen-bond donors (Lipinski definition) is 1. The Labute approximate surface area is 167 Å². The predicted molar refractivity (Wildman–Crippen MR) is 112 cm³/mol. The van der Waals surface area contributed by atoms with Crippen LogP contribution >= 0.6 is 11.6 Å². The molecule has 1 aliphatic rings. The first-order valence-electron chi connectivity index (χ1n) is 9.52. The number of aryl methyl sites for hydroxylation is 1. The van der Waals surface area contributed by atoms with Gasteiger partial charge in [-0.25, -0.2) is 0 Å². The van der Waals surface area contributed by atoms with Gasteiger partial charge in [0, 0.05) is 42.9 Å². The molecule has 1 fully saturated rings. The zero-order valence-corrected chi connectivity index (χ0v) is 17.1. The summed E-state index contributed by atoms with van der Waals surface area (Å²) in [6.07, 6.45) is 0. The van der Waals surface area contributed by atoms with E-state index in [1.165, 1.54) is 11.1 Å². The van der Waals surface area contributed by atoms with Crippen molar-refractivity contribution >= 4 is 23.2 Å². The lowest BCUT2D eigenvalue weighted by Crippen LogP contribution is -2.49. The normalized spacial score (nSPS) is 16.9. The van der Waals surface area contributed by atoms with E-state index in [4.69, 9.17) is 11.6 Å². The molecular formula is C22H28ClN3O. The van der Waals surface area contributed by atoms with Crippen molar-refractivity contribution < 1.29 is 4.79 Å². The van der Waals surface area contributed by atoms with Crippen molar-refractivity contribution in [1.29, 1.82) is 0 Å². The molecule has 0 bridgehead atoms. The Hall–Kier alpha value is -1.88. The number of hydrogen-bond acceptors (Lipinski definition) is 3. The maximum Gasteiger partial charge on any atom is 0.238 e. The quantitative estimate of drug-likeness (QED) is 0.834. The van der Waals surface area contributed by atoms with Gasteiger partial charge < -0.3 is 5.32 Å². The van der Waals surface area contributed by atoms with Gasteiger partial charge in [0.15, 0.2) is 0 Å². The first-order valence-corrected chi connectivity index (χ1v) is 9.90. The molecule has 2 aromatic carbocycles. The van der Waals surface area contributed by atoms with Gasteiger partial charge in [0.05, 0.1) is 6.54 Å². The van der Waals surface area contributed by atoms with Crippen molar-refractivity contribution in [3.05, 3.63) is 64.2 Å². The van der Waals surface area contributed by atoms with E-state index >= 15 is 0 Å². The minimum atomic E-state index is 0.0521. The van der Waals surface area contributed by atoms with Crippen LogP contribution in [0.2, 0.25) is 5.02 Å². The van der Waals surface area contributed by atoms with Crippen LogP contribution in [0.25, 0.3) is 0 Å². The van der Waals surface area contributed by atoms with Gasteiger partial charge in [0.1, 0.15) is 0 Å². The third kappa shape index (κ3) is 4.89. The second-order valence-electron chi connectivity index (χ2n) is 7.31. The molecule has 2 aromatic rings. The fraction of sp³-hybridized carbons (Fsp3) is 0.409. The molecule has 0 spiro atoms. The third-order valence-corrected chi connectivity index (χ3v) is 5.90. The lowest BCUT2D eigenvalue weighted by atomic mass is 10.1. The van der Waals surface area contributed by atoms with Crippen LogP contribution in [0.4, 0.5) is 5.69 Å². The van der Waals surface area contributed by atoms with Gasteiger partial charge in [-0.05, 0) is 49.6 Å². The highest BCUT2D eigenvalue weighted by molar-refractivity contribution is 6.31. The largest absolute Gasteiger partial charge is 0.325 e. The van der Waals surface area contributed by atoms with Crippen molar-refractivity contribution in [2.75, 3.05) is 38.0 Å². The van der Waals surface area contributed by atoms with Gasteiger partial charge in [-0.2, -0.15) is 0 Å². The van der Waals surface area contributed by atoms with E-state index in [1.807, 2.05) is 37.3 Å². The molecule has 1 atom stereocenters. The minimum Gasteiger partial charge on any atom is -0.325 e. The molecule has 0 aliphatic carbocycles. The van der Waals surface area contributed by atoms with Crippen molar-refractivity contribution in [2.45, 2.75) is 26.8 Å². The minimum absolute atomic E-state index is 0.0521.